The van der Waals surface area contributed by atoms with E-state index in [1.54, 1.807) is 30.3 Å². The Hall–Kier alpha value is -3.88. The number of nitrogens with zero attached hydrogens (tertiary/aromatic N) is 2. The summed E-state index contributed by atoms with van der Waals surface area (Å²) in [7, 11) is 0. The van der Waals surface area contributed by atoms with Crippen LogP contribution in [0, 0.1) is 22.9 Å². The number of ether oxygens (including phenoxy) is 1. The van der Waals surface area contributed by atoms with Gasteiger partial charge in [-0.05, 0) is 24.6 Å². The Bertz CT molecular complexity index is 1110. The van der Waals surface area contributed by atoms with Gasteiger partial charge in [0.1, 0.15) is 23.6 Å². The third kappa shape index (κ3) is 3.50. The zero-order chi connectivity index (χ0) is 20.4. The van der Waals surface area contributed by atoms with Crippen molar-refractivity contribution in [2.24, 2.45) is 0 Å². The average Bonchev–Trinajstić information content (AvgIpc) is 2.65. The molecule has 0 unspecified atom stereocenters. The largest absolute Gasteiger partial charge is 0.478 e. The Kier molecular flexibility index (Phi) is 4.99. The predicted molar refractivity (Wildman–Crippen MR) is 95.6 cm³/mol. The average molecular weight is 384 g/mol. The maximum absolute atomic E-state index is 14.4. The molecule has 0 saturated carbocycles. The molecular weight excluding hydrogens is 371 g/mol. The maximum Gasteiger partial charge on any atom is 0.357 e. The van der Waals surface area contributed by atoms with Crippen LogP contribution in [0.15, 0.2) is 42.5 Å². The van der Waals surface area contributed by atoms with E-state index in [0.29, 0.717) is 5.56 Å². The van der Waals surface area contributed by atoms with Crippen molar-refractivity contribution in [3.8, 4) is 0 Å². The fourth-order valence-electron chi connectivity index (χ4n) is 2.79. The van der Waals surface area contributed by atoms with E-state index in [4.69, 9.17) is 4.74 Å². The second-order valence-electron chi connectivity index (χ2n) is 5.93. The molecule has 0 aliphatic carbocycles. The standard InChI is InChI=1S/C19H13FN2O6/c1-10-7-13(20)16-15(17(10)22(26)27)12(18(23)24)8-14(21-16)19(25)28-9-11-5-3-2-4-6-11/h2-8H,9H2,1H3,(H,23,24). The Morgan fingerprint density at radius 2 is 1.93 bits per heavy atom. The maximum atomic E-state index is 14.4. The fraction of sp³-hybridized carbons (Fsp3) is 0.105. The summed E-state index contributed by atoms with van der Waals surface area (Å²) < 4.78 is 19.5. The topological polar surface area (TPSA) is 120 Å². The second-order valence-corrected chi connectivity index (χ2v) is 5.93. The molecule has 28 heavy (non-hydrogen) atoms. The SMILES string of the molecule is Cc1cc(F)c2nc(C(=O)OCc3ccccc3)cc(C(=O)O)c2c1[N+](=O)[O-]. The number of carbonyl (C=O) groups excluding carboxylic acids is 1. The van der Waals surface area contributed by atoms with E-state index in [0.717, 1.165) is 12.1 Å². The van der Waals surface area contributed by atoms with Crippen molar-refractivity contribution in [3.63, 3.8) is 0 Å². The number of carbonyl (C=O) groups is 2. The monoisotopic (exact) mass is 384 g/mol. The van der Waals surface area contributed by atoms with Crippen LogP contribution in [0.3, 0.4) is 0 Å². The summed E-state index contributed by atoms with van der Waals surface area (Å²) in [4.78, 5) is 38.3. The number of benzene rings is 2. The molecule has 0 saturated heterocycles. The molecule has 8 nitrogen and oxygen atoms in total. The number of fused-ring (bicyclic) bond motifs is 1. The molecule has 2 aromatic carbocycles. The highest BCUT2D eigenvalue weighted by molar-refractivity contribution is 6.09. The number of hydrogen-bond donors (Lipinski definition) is 1. The van der Waals surface area contributed by atoms with Gasteiger partial charge in [0.2, 0.25) is 0 Å². The van der Waals surface area contributed by atoms with Gasteiger partial charge in [0.05, 0.1) is 15.9 Å². The van der Waals surface area contributed by atoms with Gasteiger partial charge in [0, 0.05) is 5.56 Å². The summed E-state index contributed by atoms with van der Waals surface area (Å²) in [6, 6.07) is 10.4. The van der Waals surface area contributed by atoms with Crippen molar-refractivity contribution in [1.82, 2.24) is 4.98 Å². The molecule has 0 amide bonds. The highest BCUT2D eigenvalue weighted by atomic mass is 19.1. The van der Waals surface area contributed by atoms with E-state index in [-0.39, 0.29) is 12.2 Å². The van der Waals surface area contributed by atoms with Crippen LogP contribution in [-0.4, -0.2) is 27.0 Å². The van der Waals surface area contributed by atoms with Crippen LogP contribution in [0.25, 0.3) is 10.9 Å². The summed E-state index contributed by atoms with van der Waals surface area (Å²) in [5, 5.41) is 20.4. The van der Waals surface area contributed by atoms with Crippen LogP contribution in [0.2, 0.25) is 0 Å². The summed E-state index contributed by atoms with van der Waals surface area (Å²) in [6.07, 6.45) is 0. The smallest absolute Gasteiger partial charge is 0.357 e. The zero-order valence-corrected chi connectivity index (χ0v) is 14.5. The first-order chi connectivity index (χ1) is 13.3. The lowest BCUT2D eigenvalue weighted by atomic mass is 10.0. The minimum atomic E-state index is -1.56. The van der Waals surface area contributed by atoms with E-state index in [1.807, 2.05) is 0 Å². The molecule has 0 bridgehead atoms. The molecule has 0 radical (unpaired) electrons. The molecule has 0 aliphatic rings. The highest BCUT2D eigenvalue weighted by Gasteiger charge is 2.27. The second kappa shape index (κ2) is 7.39. The Balaban J connectivity index is 2.11. The summed E-state index contributed by atoms with van der Waals surface area (Å²) in [5.74, 6) is -3.51. The molecule has 142 valence electrons. The van der Waals surface area contributed by atoms with Gasteiger partial charge in [-0.2, -0.15) is 0 Å². The first-order valence-corrected chi connectivity index (χ1v) is 8.02. The van der Waals surface area contributed by atoms with Gasteiger partial charge < -0.3 is 9.84 Å². The number of carboxylic acids is 1. The van der Waals surface area contributed by atoms with Gasteiger partial charge in [-0.15, -0.1) is 0 Å². The van der Waals surface area contributed by atoms with Gasteiger partial charge in [-0.25, -0.2) is 19.0 Å². The lowest BCUT2D eigenvalue weighted by molar-refractivity contribution is -0.383. The normalized spacial score (nSPS) is 10.6. The number of carboxylic acid groups (broad SMARTS) is 1. The summed E-state index contributed by atoms with van der Waals surface area (Å²) >= 11 is 0. The Morgan fingerprint density at radius 3 is 2.54 bits per heavy atom. The van der Waals surface area contributed by atoms with Gasteiger partial charge in [-0.1, -0.05) is 30.3 Å². The number of esters is 1. The van der Waals surface area contributed by atoms with E-state index in [2.05, 4.69) is 4.98 Å². The third-order valence-electron chi connectivity index (χ3n) is 4.03. The van der Waals surface area contributed by atoms with E-state index >= 15 is 0 Å². The van der Waals surface area contributed by atoms with E-state index in [9.17, 15) is 29.2 Å². The van der Waals surface area contributed by atoms with Crippen molar-refractivity contribution in [1.29, 1.82) is 0 Å². The number of pyridine rings is 1. The molecule has 0 atom stereocenters. The number of halogens is 1. The van der Waals surface area contributed by atoms with Crippen LogP contribution < -0.4 is 0 Å². The van der Waals surface area contributed by atoms with Gasteiger partial charge in [0.15, 0.2) is 0 Å². The van der Waals surface area contributed by atoms with Crippen LogP contribution in [-0.2, 0) is 11.3 Å². The quantitative estimate of drug-likeness (QED) is 0.405. The van der Waals surface area contributed by atoms with Crippen molar-refractivity contribution in [2.45, 2.75) is 13.5 Å². The van der Waals surface area contributed by atoms with Crippen molar-refractivity contribution in [3.05, 3.63) is 80.8 Å². The zero-order valence-electron chi connectivity index (χ0n) is 14.5. The van der Waals surface area contributed by atoms with Crippen LogP contribution >= 0.6 is 0 Å². The van der Waals surface area contributed by atoms with Gasteiger partial charge in [0.25, 0.3) is 5.69 Å². The third-order valence-corrected chi connectivity index (χ3v) is 4.03. The Morgan fingerprint density at radius 1 is 1.25 bits per heavy atom. The van der Waals surface area contributed by atoms with Gasteiger partial charge >= 0.3 is 11.9 Å². The Labute approximate surface area is 157 Å². The first-order valence-electron chi connectivity index (χ1n) is 8.02. The number of aromatic nitrogens is 1. The first kappa shape index (κ1) is 18.9. The lowest BCUT2D eigenvalue weighted by Gasteiger charge is -2.10. The predicted octanol–water partition coefficient (Wildman–Crippen LogP) is 3.65. The summed E-state index contributed by atoms with van der Waals surface area (Å²) in [6.45, 7) is 1.19. The minimum absolute atomic E-state index is 0.0568. The number of nitro benzene ring substituents is 1. The molecule has 9 heteroatoms. The minimum Gasteiger partial charge on any atom is -0.478 e. The van der Waals surface area contributed by atoms with E-state index < -0.39 is 50.5 Å². The molecule has 3 rings (SSSR count). The van der Waals surface area contributed by atoms with E-state index in [1.165, 1.54) is 6.92 Å². The molecule has 0 spiro atoms. The highest BCUT2D eigenvalue weighted by Crippen LogP contribution is 2.33. The fourth-order valence-corrected chi connectivity index (χ4v) is 2.79. The molecule has 1 heterocycles. The molecule has 1 N–H and O–H groups in total. The lowest BCUT2D eigenvalue weighted by Crippen LogP contribution is -2.12. The molecular formula is C19H13FN2O6. The molecule has 1 aromatic heterocycles. The number of rotatable bonds is 5. The van der Waals surface area contributed by atoms with Crippen molar-refractivity contribution < 1.29 is 28.7 Å². The van der Waals surface area contributed by atoms with Crippen LogP contribution in [0.5, 0.6) is 0 Å². The molecule has 0 fully saturated rings. The van der Waals surface area contributed by atoms with Gasteiger partial charge in [-0.3, -0.25) is 10.1 Å². The number of aromatic carboxylic acids is 1. The molecule has 3 aromatic rings. The number of hydrogen-bond acceptors (Lipinski definition) is 6. The summed E-state index contributed by atoms with van der Waals surface area (Å²) in [5.41, 5.74) is -1.59. The van der Waals surface area contributed by atoms with Crippen LogP contribution in [0.4, 0.5) is 10.1 Å². The molecule has 0 aliphatic heterocycles. The number of aryl methyl sites for hydroxylation is 1. The van der Waals surface area contributed by atoms with Crippen molar-refractivity contribution in [2.75, 3.05) is 0 Å². The van der Waals surface area contributed by atoms with Crippen LogP contribution in [0.1, 0.15) is 32.0 Å². The number of nitro groups is 1. The van der Waals surface area contributed by atoms with Crippen molar-refractivity contribution >= 4 is 28.5 Å².